The number of rotatable bonds is 2. The van der Waals surface area contributed by atoms with E-state index in [0.717, 1.165) is 32.8 Å². The van der Waals surface area contributed by atoms with Gasteiger partial charge in [-0.2, -0.15) is 17.7 Å². The molecule has 0 radical (unpaired) electrons. The van der Waals surface area contributed by atoms with Crippen molar-refractivity contribution in [3.8, 4) is 0 Å². The molecule has 0 bridgehead atoms. The van der Waals surface area contributed by atoms with E-state index < -0.39 is 12.0 Å². The monoisotopic (exact) mass is 420 g/mol. The van der Waals surface area contributed by atoms with Gasteiger partial charge in [-0.05, 0) is 24.6 Å². The smallest absolute Gasteiger partial charge is 0.353 e. The summed E-state index contributed by atoms with van der Waals surface area (Å²) in [5.74, 6) is -0.646. The van der Waals surface area contributed by atoms with E-state index in [1.807, 2.05) is 11.0 Å². The fourth-order valence-corrected chi connectivity index (χ4v) is 4.35. The summed E-state index contributed by atoms with van der Waals surface area (Å²) in [4.78, 5) is 12.9. The molecule has 4 aromatic rings. The fraction of sp³-hybridized carbons (Fsp3) is 0.353. The molecule has 0 N–H and O–H groups in total. The average Bonchev–Trinajstić information content (AvgIpc) is 3.24. The van der Waals surface area contributed by atoms with Crippen LogP contribution < -0.4 is 9.80 Å². The maximum absolute atomic E-state index is 13.1. The van der Waals surface area contributed by atoms with E-state index in [2.05, 4.69) is 30.2 Å². The molecule has 29 heavy (non-hydrogen) atoms. The molecule has 0 aromatic carbocycles. The van der Waals surface area contributed by atoms with Gasteiger partial charge in [0.15, 0.2) is 10.8 Å². The zero-order valence-corrected chi connectivity index (χ0v) is 15.9. The van der Waals surface area contributed by atoms with Gasteiger partial charge in [-0.1, -0.05) is 11.3 Å². The molecule has 0 spiro atoms. The summed E-state index contributed by atoms with van der Waals surface area (Å²) in [6.07, 6.45) is -0.281. The van der Waals surface area contributed by atoms with Gasteiger partial charge in [0.05, 0.1) is 10.9 Å². The first-order valence-corrected chi connectivity index (χ1v) is 9.81. The van der Waals surface area contributed by atoms with Gasteiger partial charge in [0.2, 0.25) is 0 Å². The number of alkyl halides is 3. The van der Waals surface area contributed by atoms with E-state index >= 15 is 0 Å². The highest BCUT2D eigenvalue weighted by molar-refractivity contribution is 7.22. The Hall–Kier alpha value is -3.02. The van der Waals surface area contributed by atoms with Crippen LogP contribution in [0.15, 0.2) is 30.6 Å². The first-order chi connectivity index (χ1) is 14.0. The summed E-state index contributed by atoms with van der Waals surface area (Å²) in [7, 11) is 0. The van der Waals surface area contributed by atoms with Crippen molar-refractivity contribution in [2.24, 2.45) is 0 Å². The molecule has 5 rings (SSSR count). The van der Waals surface area contributed by atoms with Gasteiger partial charge in [0.25, 0.3) is 5.82 Å². The second kappa shape index (κ2) is 6.79. The number of thiazole rings is 1. The maximum Gasteiger partial charge on any atom is 0.453 e. The van der Waals surface area contributed by atoms with Crippen LogP contribution >= 0.6 is 11.3 Å². The maximum atomic E-state index is 13.1. The molecule has 0 unspecified atom stereocenters. The standard InChI is InChI=1S/C17H15F3N8S/c18-17(19,20)15-24-23-13-2-3-14(25-28(13)15)26-6-1-7-27(9-8-26)16-22-11-10-21-5-4-12(11)29-16/h2-5,10H,1,6-9H2. The Kier molecular flexibility index (Phi) is 4.23. The second-order valence-electron chi connectivity index (χ2n) is 6.65. The van der Waals surface area contributed by atoms with Crippen molar-refractivity contribution < 1.29 is 13.2 Å². The van der Waals surface area contributed by atoms with Gasteiger partial charge >= 0.3 is 6.18 Å². The normalized spacial score (nSPS) is 16.0. The first-order valence-electron chi connectivity index (χ1n) is 8.99. The Balaban J connectivity index is 1.39. The average molecular weight is 420 g/mol. The molecule has 150 valence electrons. The molecule has 12 heteroatoms. The minimum atomic E-state index is -4.61. The summed E-state index contributed by atoms with van der Waals surface area (Å²) in [6.45, 7) is 2.81. The lowest BCUT2D eigenvalue weighted by Crippen LogP contribution is -2.31. The summed E-state index contributed by atoms with van der Waals surface area (Å²) < 4.78 is 41.2. The summed E-state index contributed by atoms with van der Waals surface area (Å²) >= 11 is 1.61. The highest BCUT2D eigenvalue weighted by Gasteiger charge is 2.37. The molecule has 1 aliphatic rings. The van der Waals surface area contributed by atoms with Crippen LogP contribution in [0, 0.1) is 0 Å². The number of aromatic nitrogens is 6. The quantitative estimate of drug-likeness (QED) is 0.494. The largest absolute Gasteiger partial charge is 0.453 e. The SMILES string of the molecule is FC(F)(F)c1nnc2ccc(N3CCCN(c4nc5cnccc5s4)CC3)nn12. The van der Waals surface area contributed by atoms with Crippen molar-refractivity contribution >= 4 is 38.2 Å². The lowest BCUT2D eigenvalue weighted by Gasteiger charge is -2.22. The van der Waals surface area contributed by atoms with Crippen LogP contribution in [0.4, 0.5) is 24.1 Å². The molecule has 8 nitrogen and oxygen atoms in total. The molecular weight excluding hydrogens is 405 g/mol. The van der Waals surface area contributed by atoms with Crippen LogP contribution in [0.2, 0.25) is 0 Å². The third-order valence-electron chi connectivity index (χ3n) is 4.77. The summed E-state index contributed by atoms with van der Waals surface area (Å²) in [5, 5.41) is 11.9. The van der Waals surface area contributed by atoms with Crippen molar-refractivity contribution in [3.05, 3.63) is 36.4 Å². The summed E-state index contributed by atoms with van der Waals surface area (Å²) in [6, 6.07) is 5.13. The number of halogens is 3. The van der Waals surface area contributed by atoms with E-state index in [-0.39, 0.29) is 5.65 Å². The van der Waals surface area contributed by atoms with Crippen LogP contribution in [0.5, 0.6) is 0 Å². The Labute approximate surface area is 166 Å². The highest BCUT2D eigenvalue weighted by atomic mass is 32.1. The molecule has 1 fully saturated rings. The highest BCUT2D eigenvalue weighted by Crippen LogP contribution is 2.30. The van der Waals surface area contributed by atoms with Crippen LogP contribution in [0.1, 0.15) is 12.2 Å². The van der Waals surface area contributed by atoms with Crippen molar-refractivity contribution in [1.29, 1.82) is 0 Å². The molecule has 4 aromatic heterocycles. The van der Waals surface area contributed by atoms with Crippen LogP contribution in [0.3, 0.4) is 0 Å². The Bertz CT molecular complexity index is 1140. The zero-order valence-electron chi connectivity index (χ0n) is 15.0. The summed E-state index contributed by atoms with van der Waals surface area (Å²) in [5.41, 5.74) is 0.939. The molecule has 0 amide bonds. The van der Waals surface area contributed by atoms with E-state index in [9.17, 15) is 13.2 Å². The van der Waals surface area contributed by atoms with E-state index in [0.29, 0.717) is 25.5 Å². The third kappa shape index (κ3) is 3.33. The second-order valence-corrected chi connectivity index (χ2v) is 7.66. The predicted octanol–water partition coefficient (Wildman–Crippen LogP) is 2.86. The predicted molar refractivity (Wildman–Crippen MR) is 102 cm³/mol. The topological polar surface area (TPSA) is 75.3 Å². The molecule has 5 heterocycles. The lowest BCUT2D eigenvalue weighted by atomic mass is 10.3. The number of hydrogen-bond donors (Lipinski definition) is 0. The van der Waals surface area contributed by atoms with E-state index in [1.165, 1.54) is 6.07 Å². The molecule has 1 aliphatic heterocycles. The molecule has 0 aliphatic carbocycles. The minimum absolute atomic E-state index is 0.0700. The van der Waals surface area contributed by atoms with Crippen molar-refractivity contribution in [1.82, 2.24) is 29.8 Å². The molecule has 1 saturated heterocycles. The number of hydrogen-bond acceptors (Lipinski definition) is 8. The Morgan fingerprint density at radius 3 is 2.62 bits per heavy atom. The molecule has 0 saturated carbocycles. The number of nitrogens with zero attached hydrogens (tertiary/aromatic N) is 8. The van der Waals surface area contributed by atoms with E-state index in [4.69, 9.17) is 0 Å². The first kappa shape index (κ1) is 18.0. The van der Waals surface area contributed by atoms with Gasteiger partial charge < -0.3 is 9.80 Å². The Morgan fingerprint density at radius 2 is 1.79 bits per heavy atom. The zero-order chi connectivity index (χ0) is 20.0. The minimum Gasteiger partial charge on any atom is -0.353 e. The fourth-order valence-electron chi connectivity index (χ4n) is 3.37. The number of fused-ring (bicyclic) bond motifs is 2. The third-order valence-corrected chi connectivity index (χ3v) is 5.87. The van der Waals surface area contributed by atoms with Crippen LogP contribution in [-0.2, 0) is 6.18 Å². The van der Waals surface area contributed by atoms with Crippen molar-refractivity contribution in [3.63, 3.8) is 0 Å². The Morgan fingerprint density at radius 1 is 0.966 bits per heavy atom. The molecular formula is C17H15F3N8S. The van der Waals surface area contributed by atoms with Crippen molar-refractivity contribution in [2.45, 2.75) is 12.6 Å². The van der Waals surface area contributed by atoms with Gasteiger partial charge in [-0.15, -0.1) is 15.3 Å². The van der Waals surface area contributed by atoms with Gasteiger partial charge in [-0.3, -0.25) is 4.98 Å². The van der Waals surface area contributed by atoms with Gasteiger partial charge in [0.1, 0.15) is 11.3 Å². The van der Waals surface area contributed by atoms with Gasteiger partial charge in [-0.25, -0.2) is 4.98 Å². The van der Waals surface area contributed by atoms with E-state index in [1.54, 1.807) is 29.8 Å². The molecule has 0 atom stereocenters. The number of anilines is 2. The van der Waals surface area contributed by atoms with Gasteiger partial charge in [0, 0.05) is 32.4 Å². The van der Waals surface area contributed by atoms with Crippen LogP contribution in [-0.4, -0.2) is 56.0 Å². The number of pyridine rings is 1. The lowest BCUT2D eigenvalue weighted by molar-refractivity contribution is -0.146. The van der Waals surface area contributed by atoms with Crippen LogP contribution in [0.25, 0.3) is 15.9 Å². The van der Waals surface area contributed by atoms with Crippen molar-refractivity contribution in [2.75, 3.05) is 36.0 Å².